The summed E-state index contributed by atoms with van der Waals surface area (Å²) >= 11 is 0. The van der Waals surface area contributed by atoms with Gasteiger partial charge in [0, 0.05) is 48.4 Å². The third kappa shape index (κ3) is 5.96. The zero-order chi connectivity index (χ0) is 28.4. The molecule has 0 atom stereocenters. The van der Waals surface area contributed by atoms with E-state index in [1.165, 1.54) is 12.4 Å². The van der Waals surface area contributed by atoms with Crippen LogP contribution in [0.25, 0.3) is 17.0 Å². The highest BCUT2D eigenvalue weighted by atomic mass is 32.2. The number of hydrogen-bond acceptors (Lipinski definition) is 10. The number of pyridine rings is 1. The Labute approximate surface area is 238 Å². The van der Waals surface area contributed by atoms with Gasteiger partial charge in [0.1, 0.15) is 18.3 Å². The van der Waals surface area contributed by atoms with Crippen molar-refractivity contribution >= 4 is 21.4 Å². The van der Waals surface area contributed by atoms with Crippen LogP contribution in [0.3, 0.4) is 0 Å². The van der Waals surface area contributed by atoms with Crippen molar-refractivity contribution in [1.29, 1.82) is 0 Å². The number of nitrogens with two attached hydrogens (primary N) is 1. The molecule has 11 nitrogen and oxygen atoms in total. The predicted molar refractivity (Wildman–Crippen MR) is 155 cm³/mol. The Kier molecular flexibility index (Phi) is 7.71. The molecule has 4 N–H and O–H groups in total. The maximum atomic E-state index is 12.6. The first-order valence-corrected chi connectivity index (χ1v) is 15.5. The van der Waals surface area contributed by atoms with Gasteiger partial charge in [-0.2, -0.15) is 9.19 Å². The molecule has 2 fully saturated rings. The van der Waals surface area contributed by atoms with Crippen molar-refractivity contribution in [3.63, 3.8) is 0 Å². The Bertz CT molecular complexity index is 1550. The van der Waals surface area contributed by atoms with E-state index >= 15 is 0 Å². The number of nitrogens with zero attached hydrogens (tertiary/aromatic N) is 6. The Morgan fingerprint density at radius 1 is 1.02 bits per heavy atom. The number of nitrogens with one attached hydrogen (secondary N) is 2. The van der Waals surface area contributed by atoms with Gasteiger partial charge in [-0.3, -0.25) is 4.98 Å². The van der Waals surface area contributed by atoms with Crippen LogP contribution in [0.2, 0.25) is 0 Å². The monoisotopic (exact) mass is 579 g/mol. The smallest absolute Gasteiger partial charge is 0.256 e. The molecule has 1 aliphatic heterocycles. The Morgan fingerprint density at radius 3 is 2.56 bits per heavy atom. The molecule has 3 aromatic rings. The van der Waals surface area contributed by atoms with Crippen molar-refractivity contribution in [1.82, 2.24) is 34.8 Å². The molecule has 0 aromatic carbocycles. The first kappa shape index (κ1) is 27.3. The lowest BCUT2D eigenvalue weighted by atomic mass is 9.90. The third-order valence-corrected chi connectivity index (χ3v) is 9.81. The van der Waals surface area contributed by atoms with Gasteiger partial charge in [0.25, 0.3) is 10.0 Å². The lowest BCUT2D eigenvalue weighted by Crippen LogP contribution is -2.42. The molecular formula is C28H34FN9O2S. The van der Waals surface area contributed by atoms with E-state index in [9.17, 15) is 12.8 Å². The van der Waals surface area contributed by atoms with Crippen molar-refractivity contribution in [3.8, 4) is 11.4 Å². The summed E-state index contributed by atoms with van der Waals surface area (Å²) in [5.41, 5.74) is 9.87. The zero-order valence-corrected chi connectivity index (χ0v) is 23.5. The quantitative estimate of drug-likeness (QED) is 0.328. The van der Waals surface area contributed by atoms with Crippen molar-refractivity contribution in [2.24, 2.45) is 5.73 Å². The Balaban J connectivity index is 1.24. The van der Waals surface area contributed by atoms with Crippen molar-refractivity contribution < 1.29 is 12.8 Å². The van der Waals surface area contributed by atoms with Gasteiger partial charge in [0.05, 0.1) is 35.4 Å². The number of aromatic nitrogens is 5. The fourth-order valence-electron chi connectivity index (χ4n) is 5.39. The highest BCUT2D eigenvalue weighted by Gasteiger charge is 2.37. The SMILES string of the molecule is NC1=CC(NC2CCC(NCCF)CC2)=C(c2ccccn2)CN1c1ccnc(-c2cnn(S(=O)(=O)C3CC3)c2)n1. The largest absolute Gasteiger partial charge is 0.385 e. The number of allylic oxidation sites excluding steroid dienone is 1. The predicted octanol–water partition coefficient (Wildman–Crippen LogP) is 2.57. The molecule has 0 spiro atoms. The summed E-state index contributed by atoms with van der Waals surface area (Å²) in [5.74, 6) is 1.45. The number of hydrogen-bond donors (Lipinski definition) is 3. The standard InChI is InChI=1S/C28H34FN9O2S/c29-11-14-31-20-4-6-21(7-5-20)35-25-15-26(30)37(18-23(25)24-3-1-2-12-32-24)27-10-13-33-28(36-27)19-16-34-38(17-19)41(39,40)22-8-9-22/h1-3,10,12-13,15-17,20-22,31,35H,4-9,11,14,18,30H2. The van der Waals surface area contributed by atoms with Crippen LogP contribution in [-0.4, -0.2) is 69.7 Å². The third-order valence-electron chi connectivity index (χ3n) is 7.78. The Morgan fingerprint density at radius 2 is 1.83 bits per heavy atom. The van der Waals surface area contributed by atoms with Crippen LogP contribution in [0.1, 0.15) is 44.2 Å². The van der Waals surface area contributed by atoms with Crippen LogP contribution in [0.5, 0.6) is 0 Å². The van der Waals surface area contributed by atoms with E-state index in [1.54, 1.807) is 18.5 Å². The number of halogens is 1. The molecule has 3 aliphatic rings. The second kappa shape index (κ2) is 11.6. The molecule has 6 rings (SSSR count). The maximum Gasteiger partial charge on any atom is 0.256 e. The second-order valence-corrected chi connectivity index (χ2v) is 12.8. The molecule has 41 heavy (non-hydrogen) atoms. The van der Waals surface area contributed by atoms with Gasteiger partial charge in [-0.1, -0.05) is 6.07 Å². The van der Waals surface area contributed by atoms with E-state index in [4.69, 9.17) is 10.7 Å². The molecule has 4 heterocycles. The number of anilines is 1. The van der Waals surface area contributed by atoms with Gasteiger partial charge in [-0.15, -0.1) is 0 Å². The summed E-state index contributed by atoms with van der Waals surface area (Å²) in [5, 5.41) is 10.7. The minimum atomic E-state index is -3.48. The molecule has 0 unspecified atom stereocenters. The normalized spacial score (nSPS) is 21.6. The van der Waals surface area contributed by atoms with Crippen molar-refractivity contribution in [2.75, 3.05) is 24.7 Å². The highest BCUT2D eigenvalue weighted by molar-refractivity contribution is 7.90. The molecule has 0 radical (unpaired) electrons. The van der Waals surface area contributed by atoms with Crippen molar-refractivity contribution in [3.05, 3.63) is 72.3 Å². The summed E-state index contributed by atoms with van der Waals surface area (Å²) in [6.45, 7) is 0.485. The van der Waals surface area contributed by atoms with Crippen LogP contribution < -0.4 is 21.3 Å². The van der Waals surface area contributed by atoms with Gasteiger partial charge in [0.2, 0.25) is 0 Å². The Hall–Kier alpha value is -3.84. The zero-order valence-electron chi connectivity index (χ0n) is 22.7. The van der Waals surface area contributed by atoms with Crippen LogP contribution in [-0.2, 0) is 10.0 Å². The fraction of sp³-hybridized carbons (Fsp3) is 0.429. The van der Waals surface area contributed by atoms with Crippen LogP contribution in [0.15, 0.2) is 66.6 Å². The summed E-state index contributed by atoms with van der Waals surface area (Å²) in [6, 6.07) is 8.21. The molecule has 13 heteroatoms. The van der Waals surface area contributed by atoms with E-state index in [-0.39, 0.29) is 18.0 Å². The van der Waals surface area contributed by atoms with E-state index in [0.717, 1.165) is 46.7 Å². The van der Waals surface area contributed by atoms with E-state index in [1.807, 2.05) is 29.2 Å². The van der Waals surface area contributed by atoms with Crippen molar-refractivity contribution in [2.45, 2.75) is 55.9 Å². The first-order chi connectivity index (χ1) is 19.9. The fourth-order valence-corrected chi connectivity index (χ4v) is 6.86. The number of rotatable bonds is 10. The van der Waals surface area contributed by atoms with Gasteiger partial charge in [0.15, 0.2) is 5.82 Å². The topological polar surface area (TPSA) is 144 Å². The maximum absolute atomic E-state index is 12.6. The minimum Gasteiger partial charge on any atom is -0.385 e. The van der Waals surface area contributed by atoms with Crippen LogP contribution in [0, 0.1) is 0 Å². The van der Waals surface area contributed by atoms with E-state index in [0.29, 0.717) is 55.0 Å². The van der Waals surface area contributed by atoms with Gasteiger partial charge in [-0.25, -0.2) is 22.8 Å². The molecular weight excluding hydrogens is 545 g/mol. The molecule has 0 amide bonds. The lowest BCUT2D eigenvalue weighted by Gasteiger charge is -2.34. The number of alkyl halides is 1. The molecule has 2 aliphatic carbocycles. The average molecular weight is 580 g/mol. The molecule has 0 bridgehead atoms. The first-order valence-electron chi connectivity index (χ1n) is 14.0. The van der Waals surface area contributed by atoms with Crippen LogP contribution >= 0.6 is 0 Å². The minimum absolute atomic E-state index is 0.275. The molecule has 3 aromatic heterocycles. The summed E-state index contributed by atoms with van der Waals surface area (Å²) in [6.07, 6.45) is 13.5. The molecule has 2 saturated carbocycles. The van der Waals surface area contributed by atoms with Gasteiger partial charge in [-0.05, 0) is 56.7 Å². The second-order valence-electron chi connectivity index (χ2n) is 10.7. The highest BCUT2D eigenvalue weighted by Crippen LogP contribution is 2.32. The summed E-state index contributed by atoms with van der Waals surface area (Å²) < 4.78 is 38.8. The van der Waals surface area contributed by atoms with E-state index in [2.05, 4.69) is 25.7 Å². The average Bonchev–Trinajstić information content (AvgIpc) is 3.74. The summed E-state index contributed by atoms with van der Waals surface area (Å²) in [7, 11) is -3.48. The molecule has 0 saturated heterocycles. The molecule has 216 valence electrons. The van der Waals surface area contributed by atoms with Gasteiger partial charge >= 0.3 is 0 Å². The van der Waals surface area contributed by atoms with Crippen LogP contribution in [0.4, 0.5) is 10.2 Å². The lowest BCUT2D eigenvalue weighted by molar-refractivity contribution is 0.312. The van der Waals surface area contributed by atoms with E-state index < -0.39 is 10.0 Å². The summed E-state index contributed by atoms with van der Waals surface area (Å²) in [4.78, 5) is 15.6. The van der Waals surface area contributed by atoms with Gasteiger partial charge < -0.3 is 21.3 Å².